The molecule has 162 valence electrons. The van der Waals surface area contributed by atoms with Crippen LogP contribution >= 0.6 is 0 Å². The highest BCUT2D eigenvalue weighted by atomic mass is 16.5. The number of nitrogens with zero attached hydrogens (tertiary/aromatic N) is 2. The Kier molecular flexibility index (Phi) is 6.04. The molecule has 1 unspecified atom stereocenters. The zero-order valence-electron chi connectivity index (χ0n) is 17.8. The van der Waals surface area contributed by atoms with Gasteiger partial charge in [-0.15, -0.1) is 0 Å². The number of carbonyl (C=O) groups is 3. The van der Waals surface area contributed by atoms with Crippen molar-refractivity contribution >= 4 is 17.7 Å². The molecule has 2 aromatic carbocycles. The molecule has 1 saturated heterocycles. The van der Waals surface area contributed by atoms with Gasteiger partial charge in [0.25, 0.3) is 17.7 Å². The van der Waals surface area contributed by atoms with Gasteiger partial charge < -0.3 is 14.4 Å². The van der Waals surface area contributed by atoms with Gasteiger partial charge in [0.1, 0.15) is 12.4 Å². The predicted octanol–water partition coefficient (Wildman–Crippen LogP) is 2.92. The molecular weight excluding hydrogens is 396 g/mol. The number of aryl methyl sites for hydroxylation is 1. The Hall–Kier alpha value is -3.19. The maximum Gasteiger partial charge on any atom is 0.261 e. The summed E-state index contributed by atoms with van der Waals surface area (Å²) in [6.07, 6.45) is 1.67. The standard InChI is InChI=1S/C24H26N2O5/c1-16-5-8-18(9-6-16)31-13-11-25(2)22(27)17-7-10-20-21(14-17)24(29)26(23(20)28)15-19-4-3-12-30-19/h5-10,14,19H,3-4,11-13,15H2,1-2H3. The topological polar surface area (TPSA) is 76.2 Å². The molecule has 0 aliphatic carbocycles. The first-order valence-corrected chi connectivity index (χ1v) is 10.5. The van der Waals surface area contributed by atoms with Gasteiger partial charge in [-0.2, -0.15) is 0 Å². The van der Waals surface area contributed by atoms with E-state index >= 15 is 0 Å². The van der Waals surface area contributed by atoms with Crippen molar-refractivity contribution in [2.24, 2.45) is 0 Å². The molecule has 0 bridgehead atoms. The molecule has 0 radical (unpaired) electrons. The second-order valence-electron chi connectivity index (χ2n) is 8.00. The summed E-state index contributed by atoms with van der Waals surface area (Å²) in [4.78, 5) is 41.0. The summed E-state index contributed by atoms with van der Waals surface area (Å²) in [5, 5.41) is 0. The molecule has 2 heterocycles. The number of hydrogen-bond donors (Lipinski definition) is 0. The van der Waals surface area contributed by atoms with Crippen molar-refractivity contribution in [2.45, 2.75) is 25.9 Å². The molecule has 1 atom stereocenters. The summed E-state index contributed by atoms with van der Waals surface area (Å²) in [6.45, 7) is 3.66. The molecule has 7 heteroatoms. The Labute approximate surface area is 181 Å². The van der Waals surface area contributed by atoms with Crippen molar-refractivity contribution in [1.29, 1.82) is 0 Å². The maximum atomic E-state index is 12.8. The minimum absolute atomic E-state index is 0.108. The first kappa shape index (κ1) is 21.1. The predicted molar refractivity (Wildman–Crippen MR) is 114 cm³/mol. The van der Waals surface area contributed by atoms with Crippen LogP contribution in [0.25, 0.3) is 0 Å². The number of hydrogen-bond acceptors (Lipinski definition) is 5. The largest absolute Gasteiger partial charge is 0.492 e. The number of fused-ring (bicyclic) bond motifs is 1. The lowest BCUT2D eigenvalue weighted by Gasteiger charge is -2.18. The van der Waals surface area contributed by atoms with E-state index in [2.05, 4.69) is 0 Å². The highest BCUT2D eigenvalue weighted by molar-refractivity contribution is 6.22. The van der Waals surface area contributed by atoms with E-state index in [0.29, 0.717) is 30.9 Å². The molecule has 3 amide bonds. The molecule has 2 aromatic rings. The molecule has 0 saturated carbocycles. The number of ether oxygens (including phenoxy) is 2. The highest BCUT2D eigenvalue weighted by Gasteiger charge is 2.38. The van der Waals surface area contributed by atoms with Gasteiger partial charge in [-0.3, -0.25) is 19.3 Å². The number of carbonyl (C=O) groups excluding carboxylic acids is 3. The van der Waals surface area contributed by atoms with E-state index < -0.39 is 0 Å². The zero-order valence-corrected chi connectivity index (χ0v) is 17.8. The molecular formula is C24H26N2O5. The van der Waals surface area contributed by atoms with E-state index in [1.165, 1.54) is 11.0 Å². The second kappa shape index (κ2) is 8.89. The number of likely N-dealkylation sites (N-methyl/N-ethyl adjacent to an activating group) is 1. The average Bonchev–Trinajstić information content (AvgIpc) is 3.37. The normalized spacial score (nSPS) is 17.7. The van der Waals surface area contributed by atoms with Gasteiger partial charge in [0.05, 0.1) is 30.3 Å². The van der Waals surface area contributed by atoms with Crippen LogP contribution in [0.3, 0.4) is 0 Å². The molecule has 31 heavy (non-hydrogen) atoms. The molecule has 0 aromatic heterocycles. The van der Waals surface area contributed by atoms with Gasteiger partial charge in [0, 0.05) is 19.2 Å². The fourth-order valence-electron chi connectivity index (χ4n) is 3.84. The van der Waals surface area contributed by atoms with Gasteiger partial charge in [-0.1, -0.05) is 17.7 Å². The lowest BCUT2D eigenvalue weighted by atomic mass is 10.1. The van der Waals surface area contributed by atoms with Crippen LogP contribution in [0.15, 0.2) is 42.5 Å². The zero-order chi connectivity index (χ0) is 22.0. The van der Waals surface area contributed by atoms with Crippen molar-refractivity contribution in [1.82, 2.24) is 9.80 Å². The summed E-state index contributed by atoms with van der Waals surface area (Å²) in [7, 11) is 1.69. The molecule has 0 N–H and O–H groups in total. The van der Waals surface area contributed by atoms with Crippen LogP contribution in [0, 0.1) is 6.92 Å². The van der Waals surface area contributed by atoms with Crippen LogP contribution < -0.4 is 4.74 Å². The van der Waals surface area contributed by atoms with Crippen LogP contribution in [0.5, 0.6) is 5.75 Å². The Morgan fingerprint density at radius 3 is 2.58 bits per heavy atom. The smallest absolute Gasteiger partial charge is 0.261 e. The Balaban J connectivity index is 1.38. The van der Waals surface area contributed by atoms with Crippen molar-refractivity contribution in [3.63, 3.8) is 0 Å². The lowest BCUT2D eigenvalue weighted by molar-refractivity contribution is 0.0475. The highest BCUT2D eigenvalue weighted by Crippen LogP contribution is 2.26. The summed E-state index contributed by atoms with van der Waals surface area (Å²) in [6, 6.07) is 12.4. The van der Waals surface area contributed by atoms with E-state index in [1.807, 2.05) is 31.2 Å². The Morgan fingerprint density at radius 2 is 1.87 bits per heavy atom. The van der Waals surface area contributed by atoms with Crippen molar-refractivity contribution in [3.8, 4) is 5.75 Å². The fourth-order valence-corrected chi connectivity index (χ4v) is 3.84. The number of benzene rings is 2. The molecule has 4 rings (SSSR count). The SMILES string of the molecule is Cc1ccc(OCCN(C)C(=O)c2ccc3c(c2)C(=O)N(CC2CCCO2)C3=O)cc1. The minimum atomic E-state index is -0.365. The Bertz CT molecular complexity index is 996. The minimum Gasteiger partial charge on any atom is -0.492 e. The third-order valence-electron chi connectivity index (χ3n) is 5.69. The first-order chi connectivity index (χ1) is 14.9. The maximum absolute atomic E-state index is 12.8. The van der Waals surface area contributed by atoms with Crippen LogP contribution in [0.2, 0.25) is 0 Å². The summed E-state index contributed by atoms with van der Waals surface area (Å²) in [5.74, 6) is -0.169. The number of amides is 3. The molecule has 2 aliphatic heterocycles. The van der Waals surface area contributed by atoms with E-state index in [9.17, 15) is 14.4 Å². The first-order valence-electron chi connectivity index (χ1n) is 10.5. The molecule has 2 aliphatic rings. The van der Waals surface area contributed by atoms with Gasteiger partial charge in [0.15, 0.2) is 0 Å². The van der Waals surface area contributed by atoms with E-state index in [-0.39, 0.29) is 35.9 Å². The van der Waals surface area contributed by atoms with E-state index in [4.69, 9.17) is 9.47 Å². The quantitative estimate of drug-likeness (QED) is 0.642. The van der Waals surface area contributed by atoms with Crippen molar-refractivity contribution in [3.05, 3.63) is 64.7 Å². The average molecular weight is 422 g/mol. The van der Waals surface area contributed by atoms with Crippen molar-refractivity contribution in [2.75, 3.05) is 33.4 Å². The van der Waals surface area contributed by atoms with E-state index in [0.717, 1.165) is 24.2 Å². The van der Waals surface area contributed by atoms with Crippen LogP contribution in [-0.4, -0.2) is 67.0 Å². The summed E-state index contributed by atoms with van der Waals surface area (Å²) >= 11 is 0. The third-order valence-corrected chi connectivity index (χ3v) is 5.69. The molecule has 0 spiro atoms. The van der Waals surface area contributed by atoms with Crippen LogP contribution in [0.4, 0.5) is 0 Å². The Morgan fingerprint density at radius 1 is 1.13 bits per heavy atom. The fraction of sp³-hybridized carbons (Fsp3) is 0.375. The van der Waals surface area contributed by atoms with E-state index in [1.54, 1.807) is 24.1 Å². The van der Waals surface area contributed by atoms with Gasteiger partial charge in [0.2, 0.25) is 0 Å². The molecule has 1 fully saturated rings. The second-order valence-corrected chi connectivity index (χ2v) is 8.00. The lowest BCUT2D eigenvalue weighted by Crippen LogP contribution is -2.36. The summed E-state index contributed by atoms with van der Waals surface area (Å²) in [5.41, 5.74) is 2.14. The van der Waals surface area contributed by atoms with Gasteiger partial charge >= 0.3 is 0 Å². The van der Waals surface area contributed by atoms with Crippen molar-refractivity contribution < 1.29 is 23.9 Å². The number of imide groups is 1. The van der Waals surface area contributed by atoms with Gasteiger partial charge in [-0.05, 0) is 50.1 Å². The van der Waals surface area contributed by atoms with Gasteiger partial charge in [-0.25, -0.2) is 0 Å². The summed E-state index contributed by atoms with van der Waals surface area (Å²) < 4.78 is 11.2. The monoisotopic (exact) mass is 422 g/mol. The number of rotatable bonds is 7. The molecule has 7 nitrogen and oxygen atoms in total. The third kappa shape index (κ3) is 4.46. The van der Waals surface area contributed by atoms with Crippen LogP contribution in [0.1, 0.15) is 49.5 Å². The van der Waals surface area contributed by atoms with Crippen LogP contribution in [-0.2, 0) is 4.74 Å².